The van der Waals surface area contributed by atoms with Gasteiger partial charge in [-0.1, -0.05) is 17.7 Å². The maximum Gasteiger partial charge on any atom is 0.158 e. The third-order valence-corrected chi connectivity index (χ3v) is 2.87. The first kappa shape index (κ1) is 10.9. The van der Waals surface area contributed by atoms with Crippen molar-refractivity contribution < 1.29 is 9.18 Å². The van der Waals surface area contributed by atoms with Gasteiger partial charge in [-0.15, -0.1) is 0 Å². The highest BCUT2D eigenvalue weighted by atomic mass is 19.1. The van der Waals surface area contributed by atoms with Crippen molar-refractivity contribution in [2.75, 3.05) is 0 Å². The van der Waals surface area contributed by atoms with Gasteiger partial charge in [-0.25, -0.2) is 4.39 Å². The SMILES string of the molecule is Cc1ccc(F)c(C2CC(=O)C=C(N)C2)c1. The molecular formula is C13H14FNO. The molecule has 3 heteroatoms. The van der Waals surface area contributed by atoms with Crippen LogP contribution in [0, 0.1) is 12.7 Å². The first-order chi connectivity index (χ1) is 7.56. The molecule has 0 aromatic heterocycles. The van der Waals surface area contributed by atoms with Gasteiger partial charge in [-0.2, -0.15) is 0 Å². The second-order valence-electron chi connectivity index (χ2n) is 4.32. The summed E-state index contributed by atoms with van der Waals surface area (Å²) in [6.45, 7) is 1.91. The Kier molecular flexibility index (Phi) is 2.77. The number of benzene rings is 1. The number of rotatable bonds is 1. The molecular weight excluding hydrogens is 205 g/mol. The molecule has 0 radical (unpaired) electrons. The molecule has 2 rings (SSSR count). The van der Waals surface area contributed by atoms with Crippen LogP contribution in [-0.4, -0.2) is 5.78 Å². The van der Waals surface area contributed by atoms with E-state index in [2.05, 4.69) is 0 Å². The van der Waals surface area contributed by atoms with Crippen LogP contribution in [0.3, 0.4) is 0 Å². The topological polar surface area (TPSA) is 43.1 Å². The summed E-state index contributed by atoms with van der Waals surface area (Å²) in [5, 5.41) is 0. The zero-order valence-corrected chi connectivity index (χ0v) is 9.16. The van der Waals surface area contributed by atoms with Crippen LogP contribution in [0.15, 0.2) is 30.0 Å². The van der Waals surface area contributed by atoms with Crippen LogP contribution in [0.2, 0.25) is 0 Å². The number of allylic oxidation sites excluding steroid dienone is 2. The fraction of sp³-hybridized carbons (Fsp3) is 0.308. The molecule has 0 bridgehead atoms. The summed E-state index contributed by atoms with van der Waals surface area (Å²) in [6.07, 6.45) is 2.36. The van der Waals surface area contributed by atoms with Crippen LogP contribution in [0.1, 0.15) is 29.9 Å². The van der Waals surface area contributed by atoms with E-state index in [1.807, 2.05) is 6.92 Å². The van der Waals surface area contributed by atoms with Crippen LogP contribution >= 0.6 is 0 Å². The van der Waals surface area contributed by atoms with E-state index in [-0.39, 0.29) is 17.5 Å². The number of carbonyl (C=O) groups excluding carboxylic acids is 1. The van der Waals surface area contributed by atoms with Gasteiger partial charge < -0.3 is 5.73 Å². The summed E-state index contributed by atoms with van der Waals surface area (Å²) in [4.78, 5) is 11.4. The Morgan fingerprint density at radius 3 is 2.81 bits per heavy atom. The lowest BCUT2D eigenvalue weighted by atomic mass is 9.85. The molecule has 1 aromatic rings. The van der Waals surface area contributed by atoms with Crippen molar-refractivity contribution in [1.29, 1.82) is 0 Å². The van der Waals surface area contributed by atoms with Gasteiger partial charge in [0.1, 0.15) is 5.82 Å². The van der Waals surface area contributed by atoms with Crippen molar-refractivity contribution in [3.8, 4) is 0 Å². The molecule has 16 heavy (non-hydrogen) atoms. The van der Waals surface area contributed by atoms with Gasteiger partial charge in [0.05, 0.1) is 0 Å². The number of nitrogens with two attached hydrogens (primary N) is 1. The van der Waals surface area contributed by atoms with Gasteiger partial charge in [0.25, 0.3) is 0 Å². The molecule has 1 unspecified atom stereocenters. The molecule has 1 aliphatic carbocycles. The molecule has 1 aromatic carbocycles. The third-order valence-electron chi connectivity index (χ3n) is 2.87. The Balaban J connectivity index is 2.35. The minimum absolute atomic E-state index is 0.0188. The van der Waals surface area contributed by atoms with E-state index < -0.39 is 0 Å². The fourth-order valence-electron chi connectivity index (χ4n) is 2.12. The number of aryl methyl sites for hydroxylation is 1. The van der Waals surface area contributed by atoms with E-state index in [1.165, 1.54) is 12.1 Å². The predicted molar refractivity (Wildman–Crippen MR) is 60.4 cm³/mol. The monoisotopic (exact) mass is 219 g/mol. The highest BCUT2D eigenvalue weighted by molar-refractivity contribution is 5.91. The average Bonchev–Trinajstić information content (AvgIpc) is 2.20. The Bertz CT molecular complexity index is 465. The molecule has 0 saturated heterocycles. The quantitative estimate of drug-likeness (QED) is 0.788. The van der Waals surface area contributed by atoms with Gasteiger partial charge >= 0.3 is 0 Å². The Morgan fingerprint density at radius 2 is 2.12 bits per heavy atom. The zero-order chi connectivity index (χ0) is 11.7. The van der Waals surface area contributed by atoms with E-state index in [1.54, 1.807) is 12.1 Å². The molecule has 0 fully saturated rings. The van der Waals surface area contributed by atoms with E-state index in [0.717, 1.165) is 5.56 Å². The predicted octanol–water partition coefficient (Wildman–Crippen LogP) is 2.42. The lowest BCUT2D eigenvalue weighted by Gasteiger charge is -2.21. The normalized spacial score (nSPS) is 20.8. The van der Waals surface area contributed by atoms with Crippen LogP contribution in [-0.2, 0) is 4.79 Å². The second-order valence-corrected chi connectivity index (χ2v) is 4.32. The van der Waals surface area contributed by atoms with Gasteiger partial charge in [-0.05, 0) is 37.0 Å². The maximum atomic E-state index is 13.6. The lowest BCUT2D eigenvalue weighted by Crippen LogP contribution is -2.17. The van der Waals surface area contributed by atoms with E-state index in [0.29, 0.717) is 24.1 Å². The minimum atomic E-state index is -0.252. The van der Waals surface area contributed by atoms with E-state index in [4.69, 9.17) is 5.73 Å². The summed E-state index contributed by atoms with van der Waals surface area (Å²) < 4.78 is 13.6. The molecule has 84 valence electrons. The summed E-state index contributed by atoms with van der Waals surface area (Å²) in [5.41, 5.74) is 7.80. The Morgan fingerprint density at radius 1 is 1.38 bits per heavy atom. The van der Waals surface area contributed by atoms with Crippen molar-refractivity contribution in [3.63, 3.8) is 0 Å². The summed E-state index contributed by atoms with van der Waals surface area (Å²) in [7, 11) is 0. The average molecular weight is 219 g/mol. The second kappa shape index (κ2) is 4.08. The smallest absolute Gasteiger partial charge is 0.158 e. The molecule has 1 atom stereocenters. The Labute approximate surface area is 94.0 Å². The summed E-state index contributed by atoms with van der Waals surface area (Å²) in [5.74, 6) is -0.384. The molecule has 2 N–H and O–H groups in total. The molecule has 0 spiro atoms. The van der Waals surface area contributed by atoms with Crippen molar-refractivity contribution in [1.82, 2.24) is 0 Å². The van der Waals surface area contributed by atoms with Crippen molar-refractivity contribution in [2.45, 2.75) is 25.7 Å². The van der Waals surface area contributed by atoms with E-state index >= 15 is 0 Å². The number of hydrogen-bond donors (Lipinski definition) is 1. The summed E-state index contributed by atoms with van der Waals surface area (Å²) >= 11 is 0. The minimum Gasteiger partial charge on any atom is -0.402 e. The molecule has 0 heterocycles. The number of halogens is 1. The molecule has 0 aliphatic heterocycles. The summed E-state index contributed by atoms with van der Waals surface area (Å²) in [6, 6.07) is 4.97. The van der Waals surface area contributed by atoms with Gasteiger partial charge in [-0.3, -0.25) is 4.79 Å². The standard InChI is InChI=1S/C13H14FNO/c1-8-2-3-13(14)12(4-8)9-5-10(15)7-11(16)6-9/h2-4,7,9H,5-6,15H2,1H3. The molecule has 0 amide bonds. The lowest BCUT2D eigenvalue weighted by molar-refractivity contribution is -0.115. The number of hydrogen-bond acceptors (Lipinski definition) is 2. The largest absolute Gasteiger partial charge is 0.402 e. The molecule has 0 saturated carbocycles. The van der Waals surface area contributed by atoms with E-state index in [9.17, 15) is 9.18 Å². The van der Waals surface area contributed by atoms with Crippen LogP contribution < -0.4 is 5.73 Å². The van der Waals surface area contributed by atoms with Gasteiger partial charge in [0.15, 0.2) is 5.78 Å². The highest BCUT2D eigenvalue weighted by Gasteiger charge is 2.23. The molecule has 1 aliphatic rings. The fourth-order valence-corrected chi connectivity index (χ4v) is 2.12. The first-order valence-electron chi connectivity index (χ1n) is 5.31. The Hall–Kier alpha value is -1.64. The van der Waals surface area contributed by atoms with Crippen LogP contribution in [0.4, 0.5) is 4.39 Å². The molecule has 2 nitrogen and oxygen atoms in total. The van der Waals surface area contributed by atoms with Crippen molar-refractivity contribution >= 4 is 5.78 Å². The number of carbonyl (C=O) groups is 1. The first-order valence-corrected chi connectivity index (χ1v) is 5.31. The van der Waals surface area contributed by atoms with Gasteiger partial charge in [0, 0.05) is 12.1 Å². The third kappa shape index (κ3) is 2.13. The van der Waals surface area contributed by atoms with Gasteiger partial charge in [0.2, 0.25) is 0 Å². The maximum absolute atomic E-state index is 13.6. The number of ketones is 1. The van der Waals surface area contributed by atoms with Crippen LogP contribution in [0.5, 0.6) is 0 Å². The van der Waals surface area contributed by atoms with Crippen molar-refractivity contribution in [3.05, 3.63) is 46.9 Å². The van der Waals surface area contributed by atoms with Crippen LogP contribution in [0.25, 0.3) is 0 Å². The van der Waals surface area contributed by atoms with Crippen molar-refractivity contribution in [2.24, 2.45) is 5.73 Å². The highest BCUT2D eigenvalue weighted by Crippen LogP contribution is 2.31. The zero-order valence-electron chi connectivity index (χ0n) is 9.16.